The van der Waals surface area contributed by atoms with Crippen LogP contribution in [0.15, 0.2) is 18.2 Å². The summed E-state index contributed by atoms with van der Waals surface area (Å²) in [6.45, 7) is 13.6. The number of benzene rings is 1. The lowest BCUT2D eigenvalue weighted by molar-refractivity contribution is -0.0708. The molecule has 9 heteroatoms. The second-order valence-electron chi connectivity index (χ2n) is 14.7. The Labute approximate surface area is 249 Å². The molecule has 5 rings (SSSR count). The Hall–Kier alpha value is -1.07. The fourth-order valence-corrected chi connectivity index (χ4v) is 9.70. The minimum atomic E-state index is -3.52. The average Bonchev–Trinajstić information content (AvgIpc) is 2.86. The molecule has 0 amide bonds. The maximum absolute atomic E-state index is 13.8. The van der Waals surface area contributed by atoms with E-state index in [1.165, 1.54) is 29.5 Å². The molecule has 0 aromatic heterocycles. The van der Waals surface area contributed by atoms with Gasteiger partial charge in [-0.3, -0.25) is 15.5 Å². The minimum Gasteiger partial charge on any atom is -0.362 e. The van der Waals surface area contributed by atoms with Crippen LogP contribution in [0.1, 0.15) is 101 Å². The number of hydrogen-bond donors (Lipinski definition) is 4. The van der Waals surface area contributed by atoms with Crippen molar-refractivity contribution in [2.45, 2.75) is 128 Å². The van der Waals surface area contributed by atoms with Crippen molar-refractivity contribution in [3.05, 3.63) is 34.9 Å². The lowest BCUT2D eigenvalue weighted by Crippen LogP contribution is -2.64. The van der Waals surface area contributed by atoms with Gasteiger partial charge in [-0.1, -0.05) is 45.4 Å². The summed E-state index contributed by atoms with van der Waals surface area (Å²) >= 11 is 0. The fraction of sp³-hybridized carbons (Fsp3) is 0.812. The third kappa shape index (κ3) is 7.72. The Morgan fingerprint density at radius 1 is 1.05 bits per heavy atom. The first kappa shape index (κ1) is 31.4. The zero-order valence-electron chi connectivity index (χ0n) is 26.0. The molecular weight excluding hydrogens is 534 g/mol. The van der Waals surface area contributed by atoms with Gasteiger partial charge in [-0.25, -0.2) is 8.42 Å². The van der Waals surface area contributed by atoms with Crippen LogP contribution in [0, 0.1) is 31.1 Å². The minimum absolute atomic E-state index is 0.0137. The molecule has 232 valence electrons. The van der Waals surface area contributed by atoms with Crippen LogP contribution < -0.4 is 21.1 Å². The van der Waals surface area contributed by atoms with Gasteiger partial charge in [-0.15, -0.1) is 0 Å². The van der Waals surface area contributed by atoms with Crippen molar-refractivity contribution in [3.8, 4) is 0 Å². The summed E-state index contributed by atoms with van der Waals surface area (Å²) in [5, 5.41) is 6.71. The van der Waals surface area contributed by atoms with E-state index in [0.717, 1.165) is 58.0 Å². The smallest absolute Gasteiger partial charge is 0.216 e. The van der Waals surface area contributed by atoms with E-state index in [1.807, 2.05) is 0 Å². The molecule has 0 spiro atoms. The van der Waals surface area contributed by atoms with Crippen LogP contribution in [0.4, 0.5) is 0 Å². The number of sulfonamides is 1. The molecule has 41 heavy (non-hydrogen) atoms. The molecule has 2 saturated carbocycles. The predicted molar refractivity (Wildman–Crippen MR) is 166 cm³/mol. The molecule has 5 N–H and O–H groups in total. The van der Waals surface area contributed by atoms with Gasteiger partial charge in [-0.2, -0.15) is 4.72 Å². The maximum Gasteiger partial charge on any atom is 0.216 e. The van der Waals surface area contributed by atoms with Crippen molar-refractivity contribution in [3.63, 3.8) is 0 Å². The van der Waals surface area contributed by atoms with Gasteiger partial charge in [0.25, 0.3) is 0 Å². The summed E-state index contributed by atoms with van der Waals surface area (Å²) in [5.74, 6) is 1.09. The van der Waals surface area contributed by atoms with Crippen LogP contribution in [0.5, 0.6) is 0 Å². The average molecular weight is 590 g/mol. The molecule has 4 fully saturated rings. The van der Waals surface area contributed by atoms with Crippen LogP contribution in [0.3, 0.4) is 0 Å². The largest absolute Gasteiger partial charge is 0.362 e. The summed E-state index contributed by atoms with van der Waals surface area (Å²) in [4.78, 5) is 2.74. The Morgan fingerprint density at radius 3 is 2.46 bits per heavy atom. The number of nitrogens with zero attached hydrogens (tertiary/aromatic N) is 1. The quantitative estimate of drug-likeness (QED) is 0.406. The molecule has 2 saturated heterocycles. The number of ether oxygens (including phenoxy) is 1. The second-order valence-corrected chi connectivity index (χ2v) is 16.7. The van der Waals surface area contributed by atoms with Crippen molar-refractivity contribution >= 4 is 10.0 Å². The molecule has 8 nitrogen and oxygen atoms in total. The second kappa shape index (κ2) is 12.9. The highest BCUT2D eigenvalue weighted by Crippen LogP contribution is 2.40. The number of hydrogen-bond acceptors (Lipinski definition) is 7. The van der Waals surface area contributed by atoms with Gasteiger partial charge in [0.1, 0.15) is 12.5 Å². The lowest BCUT2D eigenvalue weighted by atomic mass is 9.75. The number of rotatable bonds is 5. The zero-order valence-corrected chi connectivity index (χ0v) is 26.8. The van der Waals surface area contributed by atoms with E-state index >= 15 is 0 Å². The summed E-state index contributed by atoms with van der Waals surface area (Å²) in [5.41, 5.74) is 9.73. The molecule has 6 atom stereocenters. The molecule has 2 aliphatic heterocycles. The zero-order chi connectivity index (χ0) is 29.4. The van der Waals surface area contributed by atoms with Crippen LogP contribution in [0.2, 0.25) is 0 Å². The van der Waals surface area contributed by atoms with Crippen molar-refractivity contribution in [1.29, 1.82) is 0 Å². The molecule has 1 aromatic rings. The van der Waals surface area contributed by atoms with Gasteiger partial charge < -0.3 is 10.5 Å². The third-order valence-electron chi connectivity index (χ3n) is 10.0. The van der Waals surface area contributed by atoms with E-state index in [1.54, 1.807) is 0 Å². The predicted octanol–water partition coefficient (Wildman–Crippen LogP) is 4.28. The highest BCUT2D eigenvalue weighted by molar-refractivity contribution is 7.90. The Bertz CT molecular complexity index is 1110. The van der Waals surface area contributed by atoms with E-state index < -0.39 is 16.3 Å². The monoisotopic (exact) mass is 589 g/mol. The van der Waals surface area contributed by atoms with Crippen LogP contribution in [-0.2, 0) is 14.8 Å². The lowest BCUT2D eigenvalue weighted by Gasteiger charge is -2.49. The van der Waals surface area contributed by atoms with Crippen molar-refractivity contribution in [2.24, 2.45) is 23.0 Å². The summed E-state index contributed by atoms with van der Waals surface area (Å²) < 4.78 is 37.4. The molecule has 2 aliphatic carbocycles. The van der Waals surface area contributed by atoms with Gasteiger partial charge in [0.05, 0.1) is 11.9 Å². The van der Waals surface area contributed by atoms with Crippen molar-refractivity contribution < 1.29 is 13.2 Å². The molecule has 5 unspecified atom stereocenters. The Kier molecular flexibility index (Phi) is 9.85. The van der Waals surface area contributed by atoms with Crippen LogP contribution >= 0.6 is 0 Å². The van der Waals surface area contributed by atoms with Crippen LogP contribution in [0.25, 0.3) is 0 Å². The fourth-order valence-electron chi connectivity index (χ4n) is 8.04. The first-order chi connectivity index (χ1) is 19.4. The van der Waals surface area contributed by atoms with E-state index in [-0.39, 0.29) is 22.9 Å². The highest BCUT2D eigenvalue weighted by Gasteiger charge is 2.42. The van der Waals surface area contributed by atoms with E-state index in [2.05, 4.69) is 73.1 Å². The molecule has 0 radical (unpaired) electrons. The molecule has 4 bridgehead atoms. The molecule has 2 heterocycles. The highest BCUT2D eigenvalue weighted by atomic mass is 32.2. The van der Waals surface area contributed by atoms with E-state index in [4.69, 9.17) is 10.5 Å². The van der Waals surface area contributed by atoms with Gasteiger partial charge in [-0.05, 0) is 99.3 Å². The standard InChI is InChI=1S/C32H55N5O3S/c1-21-8-6-9-22(2)30(21)28-17-29-35-31(34-28)36-41(38,39)27-11-7-10-24(16-27)19-37(25-14-23(15-25)12-13-33)26(20-40-29)18-32(3,4)5/h6,8-9,23-29,31,34-36H,7,10-20,33H2,1-5H3/t23?,24?,25?,26-,27?,28?,29?,31?/m1/s1. The number of aryl methyl sites for hydroxylation is 2. The first-order valence-electron chi connectivity index (χ1n) is 16.1. The van der Waals surface area contributed by atoms with E-state index in [9.17, 15) is 8.42 Å². The van der Waals surface area contributed by atoms with Crippen LogP contribution in [-0.4, -0.2) is 62.9 Å². The topological polar surface area (TPSA) is 109 Å². The van der Waals surface area contributed by atoms with Crippen molar-refractivity contribution in [2.75, 3.05) is 19.7 Å². The van der Waals surface area contributed by atoms with Gasteiger partial charge in [0.2, 0.25) is 10.0 Å². The van der Waals surface area contributed by atoms with Gasteiger partial charge in [0, 0.05) is 31.1 Å². The SMILES string of the molecule is Cc1cccc(C)c1C1CC2NC(N1)NS(=O)(=O)C1CCCC(C1)CN(C1CC(CCN)C1)[C@H](CC(C)(C)C)CO2. The molecule has 4 aliphatic rings. The van der Waals surface area contributed by atoms with Gasteiger partial charge >= 0.3 is 0 Å². The summed E-state index contributed by atoms with van der Waals surface area (Å²) in [7, 11) is -3.52. The van der Waals surface area contributed by atoms with Gasteiger partial charge in [0.15, 0.2) is 0 Å². The van der Waals surface area contributed by atoms with Crippen molar-refractivity contribution in [1.82, 2.24) is 20.3 Å². The molecule has 1 aromatic carbocycles. The number of fused-ring (bicyclic) bond motifs is 4. The summed E-state index contributed by atoms with van der Waals surface area (Å²) in [6, 6.07) is 7.17. The Morgan fingerprint density at radius 2 is 1.78 bits per heavy atom. The molecular formula is C32H55N5O3S. The first-order valence-corrected chi connectivity index (χ1v) is 17.6. The number of nitrogens with one attached hydrogen (secondary N) is 3. The summed E-state index contributed by atoms with van der Waals surface area (Å²) in [6.07, 6.45) is 7.94. The Balaban J connectivity index is 1.46. The maximum atomic E-state index is 13.8. The normalized spacial score (nSPS) is 36.8. The van der Waals surface area contributed by atoms with E-state index in [0.29, 0.717) is 30.5 Å². The number of nitrogens with two attached hydrogens (primary N) is 1. The third-order valence-corrected chi connectivity index (χ3v) is 11.9.